The highest BCUT2D eigenvalue weighted by atomic mass is 16.5. The first-order valence-electron chi connectivity index (χ1n) is 6.79. The van der Waals surface area contributed by atoms with Gasteiger partial charge in [-0.2, -0.15) is 0 Å². The van der Waals surface area contributed by atoms with Gasteiger partial charge in [-0.3, -0.25) is 0 Å². The van der Waals surface area contributed by atoms with Gasteiger partial charge < -0.3 is 9.84 Å². The van der Waals surface area contributed by atoms with Gasteiger partial charge in [0.2, 0.25) is 0 Å². The molecule has 102 valence electrons. The third-order valence-corrected chi connectivity index (χ3v) is 2.92. The molecule has 1 N–H and O–H groups in total. The summed E-state index contributed by atoms with van der Waals surface area (Å²) in [5, 5.41) is 9.20. The lowest BCUT2D eigenvalue weighted by Crippen LogP contribution is -2.40. The molecular weight excluding hydrogens is 216 g/mol. The van der Waals surface area contributed by atoms with E-state index in [1.165, 1.54) is 19.3 Å². The molecule has 0 spiro atoms. The van der Waals surface area contributed by atoms with Crippen molar-refractivity contribution in [3.05, 3.63) is 0 Å². The fraction of sp³-hybridized carbons (Fsp3) is 0.929. The Labute approximate surface area is 106 Å². The zero-order valence-electron chi connectivity index (χ0n) is 11.8. The molecule has 0 rings (SSSR count). The second-order valence-corrected chi connectivity index (χ2v) is 5.40. The molecule has 3 nitrogen and oxygen atoms in total. The third kappa shape index (κ3) is 7.37. The van der Waals surface area contributed by atoms with E-state index in [4.69, 9.17) is 4.74 Å². The van der Waals surface area contributed by atoms with E-state index < -0.39 is 11.6 Å². The van der Waals surface area contributed by atoms with Crippen molar-refractivity contribution in [2.24, 2.45) is 5.92 Å². The molecule has 0 saturated carbocycles. The number of hydrogen-bond acceptors (Lipinski definition) is 2. The molecule has 0 amide bonds. The molecule has 0 aliphatic heterocycles. The number of carbonyl (C=O) groups is 1. The normalized spacial score (nSPS) is 14.9. The SMILES string of the molecule is CCCCCCCOC(C)(CC(C)C)C(=O)O. The summed E-state index contributed by atoms with van der Waals surface area (Å²) in [6, 6.07) is 0. The molecule has 0 bridgehead atoms. The van der Waals surface area contributed by atoms with Crippen LogP contribution in [0, 0.1) is 5.92 Å². The summed E-state index contributed by atoms with van der Waals surface area (Å²) in [4.78, 5) is 11.2. The largest absolute Gasteiger partial charge is 0.479 e. The third-order valence-electron chi connectivity index (χ3n) is 2.92. The van der Waals surface area contributed by atoms with Crippen LogP contribution in [-0.4, -0.2) is 23.3 Å². The van der Waals surface area contributed by atoms with Crippen LogP contribution in [0.2, 0.25) is 0 Å². The zero-order chi connectivity index (χ0) is 13.3. The van der Waals surface area contributed by atoms with Gasteiger partial charge in [0.1, 0.15) is 0 Å². The number of hydrogen-bond donors (Lipinski definition) is 1. The van der Waals surface area contributed by atoms with Gasteiger partial charge >= 0.3 is 5.97 Å². The van der Waals surface area contributed by atoms with Crippen LogP contribution in [0.3, 0.4) is 0 Å². The molecule has 1 atom stereocenters. The van der Waals surface area contributed by atoms with Crippen LogP contribution in [0.25, 0.3) is 0 Å². The average molecular weight is 244 g/mol. The lowest BCUT2D eigenvalue weighted by molar-refractivity contribution is -0.166. The molecule has 0 aliphatic rings. The van der Waals surface area contributed by atoms with Crippen LogP contribution < -0.4 is 0 Å². The molecule has 0 saturated heterocycles. The van der Waals surface area contributed by atoms with E-state index in [2.05, 4.69) is 6.92 Å². The first kappa shape index (κ1) is 16.4. The van der Waals surface area contributed by atoms with E-state index in [0.29, 0.717) is 18.9 Å². The fourth-order valence-corrected chi connectivity index (χ4v) is 1.99. The summed E-state index contributed by atoms with van der Waals surface area (Å²) in [7, 11) is 0. The Kier molecular flexibility index (Phi) is 8.23. The minimum Gasteiger partial charge on any atom is -0.479 e. The van der Waals surface area contributed by atoms with E-state index in [0.717, 1.165) is 12.8 Å². The standard InChI is InChI=1S/C14H28O3/c1-5-6-7-8-9-10-17-14(4,13(15)16)11-12(2)3/h12H,5-11H2,1-4H3,(H,15,16). The zero-order valence-corrected chi connectivity index (χ0v) is 11.8. The van der Waals surface area contributed by atoms with Gasteiger partial charge in [-0.15, -0.1) is 0 Å². The van der Waals surface area contributed by atoms with Crippen molar-refractivity contribution in [1.82, 2.24) is 0 Å². The lowest BCUT2D eigenvalue weighted by atomic mass is 9.94. The Hall–Kier alpha value is -0.570. The predicted molar refractivity (Wildman–Crippen MR) is 70.2 cm³/mol. The Bertz CT molecular complexity index is 214. The van der Waals surface area contributed by atoms with Crippen molar-refractivity contribution >= 4 is 5.97 Å². The molecule has 0 aromatic rings. The van der Waals surface area contributed by atoms with Crippen LogP contribution in [0.15, 0.2) is 0 Å². The van der Waals surface area contributed by atoms with Gasteiger partial charge in [0, 0.05) is 6.61 Å². The van der Waals surface area contributed by atoms with Crippen molar-refractivity contribution in [1.29, 1.82) is 0 Å². The lowest BCUT2D eigenvalue weighted by Gasteiger charge is -2.27. The van der Waals surface area contributed by atoms with E-state index >= 15 is 0 Å². The number of aliphatic carboxylic acids is 1. The molecule has 0 radical (unpaired) electrons. The first-order chi connectivity index (χ1) is 7.92. The first-order valence-corrected chi connectivity index (χ1v) is 6.79. The number of carboxylic acids is 1. The molecule has 0 aromatic carbocycles. The van der Waals surface area contributed by atoms with E-state index in [9.17, 15) is 9.90 Å². The van der Waals surface area contributed by atoms with Gasteiger partial charge in [-0.1, -0.05) is 46.5 Å². The molecule has 1 unspecified atom stereocenters. The Morgan fingerprint density at radius 2 is 1.82 bits per heavy atom. The maximum Gasteiger partial charge on any atom is 0.335 e. The molecule has 17 heavy (non-hydrogen) atoms. The maximum absolute atomic E-state index is 11.2. The summed E-state index contributed by atoms with van der Waals surface area (Å²) in [5.74, 6) is -0.518. The second kappa shape index (κ2) is 8.51. The molecular formula is C14H28O3. The van der Waals surface area contributed by atoms with Gasteiger partial charge in [-0.25, -0.2) is 4.79 Å². The number of ether oxygens (including phenoxy) is 1. The Morgan fingerprint density at radius 1 is 1.24 bits per heavy atom. The summed E-state index contributed by atoms with van der Waals surface area (Å²) >= 11 is 0. The topological polar surface area (TPSA) is 46.5 Å². The van der Waals surface area contributed by atoms with Crippen molar-refractivity contribution in [2.45, 2.75) is 71.8 Å². The van der Waals surface area contributed by atoms with Crippen molar-refractivity contribution in [3.8, 4) is 0 Å². The minimum atomic E-state index is -1.01. The van der Waals surface area contributed by atoms with Crippen LogP contribution in [-0.2, 0) is 9.53 Å². The number of rotatable bonds is 10. The van der Waals surface area contributed by atoms with Crippen molar-refractivity contribution < 1.29 is 14.6 Å². The monoisotopic (exact) mass is 244 g/mol. The Balaban J connectivity index is 3.89. The molecule has 0 aliphatic carbocycles. The molecule has 3 heteroatoms. The minimum absolute atomic E-state index is 0.330. The van der Waals surface area contributed by atoms with E-state index in [1.807, 2.05) is 13.8 Å². The highest BCUT2D eigenvalue weighted by molar-refractivity contribution is 5.76. The maximum atomic E-state index is 11.2. The molecule has 0 heterocycles. The summed E-state index contributed by atoms with van der Waals surface area (Å²) in [6.45, 7) is 8.46. The summed E-state index contributed by atoms with van der Waals surface area (Å²) in [6.07, 6.45) is 6.35. The van der Waals surface area contributed by atoms with Crippen LogP contribution in [0.5, 0.6) is 0 Å². The number of carboxylic acid groups (broad SMARTS) is 1. The summed E-state index contributed by atoms with van der Waals surface area (Å²) in [5.41, 5.74) is -1.01. The molecule has 0 aromatic heterocycles. The van der Waals surface area contributed by atoms with Gasteiger partial charge in [-0.05, 0) is 25.7 Å². The van der Waals surface area contributed by atoms with Crippen LogP contribution in [0.4, 0.5) is 0 Å². The number of unbranched alkanes of at least 4 members (excludes halogenated alkanes) is 4. The van der Waals surface area contributed by atoms with Crippen LogP contribution >= 0.6 is 0 Å². The van der Waals surface area contributed by atoms with Gasteiger partial charge in [0.15, 0.2) is 5.60 Å². The summed E-state index contributed by atoms with van der Waals surface area (Å²) < 4.78 is 5.58. The molecule has 0 fully saturated rings. The van der Waals surface area contributed by atoms with Crippen LogP contribution in [0.1, 0.15) is 66.2 Å². The highest BCUT2D eigenvalue weighted by Gasteiger charge is 2.34. The van der Waals surface area contributed by atoms with E-state index in [1.54, 1.807) is 6.92 Å². The Morgan fingerprint density at radius 3 is 2.29 bits per heavy atom. The predicted octanol–water partition coefficient (Wildman–Crippen LogP) is 3.86. The second-order valence-electron chi connectivity index (χ2n) is 5.40. The van der Waals surface area contributed by atoms with Gasteiger partial charge in [0.25, 0.3) is 0 Å². The van der Waals surface area contributed by atoms with Crippen molar-refractivity contribution in [2.75, 3.05) is 6.61 Å². The van der Waals surface area contributed by atoms with Crippen molar-refractivity contribution in [3.63, 3.8) is 0 Å². The fourth-order valence-electron chi connectivity index (χ4n) is 1.99. The van der Waals surface area contributed by atoms with E-state index in [-0.39, 0.29) is 0 Å². The highest BCUT2D eigenvalue weighted by Crippen LogP contribution is 2.22. The average Bonchev–Trinajstić information content (AvgIpc) is 2.22. The van der Waals surface area contributed by atoms with Gasteiger partial charge in [0.05, 0.1) is 0 Å². The smallest absolute Gasteiger partial charge is 0.335 e. The quantitative estimate of drug-likeness (QED) is 0.593.